The van der Waals surface area contributed by atoms with E-state index in [1.165, 1.54) is 11.0 Å². The number of nitrogens with zero attached hydrogens (tertiary/aromatic N) is 4. The molecule has 2 aromatic carbocycles. The maximum atomic E-state index is 15.2. The van der Waals surface area contributed by atoms with E-state index >= 15 is 4.39 Å². The molecule has 4 aliphatic rings. The predicted octanol–water partition coefficient (Wildman–Crippen LogP) is 2.32. The van der Waals surface area contributed by atoms with E-state index < -0.39 is 23.7 Å². The van der Waals surface area contributed by atoms with Crippen LogP contribution >= 0.6 is 0 Å². The number of fused-ring (bicyclic) bond motifs is 1. The third-order valence-corrected chi connectivity index (χ3v) is 8.91. The molecule has 0 spiro atoms. The molecule has 3 saturated heterocycles. The molecule has 0 aromatic heterocycles. The number of imide groups is 1. The third-order valence-electron chi connectivity index (χ3n) is 8.91. The monoisotopic (exact) mass is 563 g/mol. The molecule has 11 heteroatoms. The Morgan fingerprint density at radius 2 is 1.63 bits per heavy atom. The zero-order valence-electron chi connectivity index (χ0n) is 22.9. The van der Waals surface area contributed by atoms with Gasteiger partial charge in [0.1, 0.15) is 11.9 Å². The molecule has 41 heavy (non-hydrogen) atoms. The summed E-state index contributed by atoms with van der Waals surface area (Å²) in [5.41, 5.74) is 2.85. The number of hydrogen-bond donors (Lipinski definition) is 2. The fourth-order valence-corrected chi connectivity index (χ4v) is 6.54. The summed E-state index contributed by atoms with van der Waals surface area (Å²) in [6.45, 7) is 6.38. The highest BCUT2D eigenvalue weighted by atomic mass is 19.1. The number of piperidine rings is 2. The molecule has 1 unspecified atom stereocenters. The van der Waals surface area contributed by atoms with Crippen LogP contribution in [0.1, 0.15) is 52.0 Å². The van der Waals surface area contributed by atoms with Gasteiger partial charge in [-0.1, -0.05) is 0 Å². The fourth-order valence-electron chi connectivity index (χ4n) is 6.54. The van der Waals surface area contributed by atoms with Crippen molar-refractivity contribution in [1.82, 2.24) is 15.1 Å². The van der Waals surface area contributed by atoms with Gasteiger partial charge < -0.3 is 19.8 Å². The minimum absolute atomic E-state index is 0.184. The second-order valence-electron chi connectivity index (χ2n) is 11.4. The Labute approximate surface area is 237 Å². The number of aromatic carboxylic acids is 1. The number of carboxylic acids is 1. The number of rotatable bonds is 6. The summed E-state index contributed by atoms with van der Waals surface area (Å²) in [6, 6.07) is 9.39. The summed E-state index contributed by atoms with van der Waals surface area (Å²) in [5, 5.41) is 11.4. The summed E-state index contributed by atoms with van der Waals surface area (Å²) in [4.78, 5) is 56.2. The number of carboxylic acid groups (broad SMARTS) is 1. The van der Waals surface area contributed by atoms with Crippen molar-refractivity contribution in [2.75, 3.05) is 55.6 Å². The normalized spacial score (nSPS) is 22.2. The first-order chi connectivity index (χ1) is 19.8. The van der Waals surface area contributed by atoms with Crippen molar-refractivity contribution in [3.63, 3.8) is 0 Å². The molecule has 10 nitrogen and oxygen atoms in total. The second-order valence-corrected chi connectivity index (χ2v) is 11.4. The van der Waals surface area contributed by atoms with E-state index in [0.717, 1.165) is 64.3 Å². The smallest absolute Gasteiger partial charge is 0.335 e. The van der Waals surface area contributed by atoms with Gasteiger partial charge in [0, 0.05) is 70.0 Å². The van der Waals surface area contributed by atoms with Gasteiger partial charge in [-0.25, -0.2) is 9.18 Å². The largest absolute Gasteiger partial charge is 0.478 e. The number of carbonyl (C=O) groups is 4. The predicted molar refractivity (Wildman–Crippen MR) is 149 cm³/mol. The summed E-state index contributed by atoms with van der Waals surface area (Å²) >= 11 is 0. The summed E-state index contributed by atoms with van der Waals surface area (Å²) in [7, 11) is 0. The van der Waals surface area contributed by atoms with Crippen molar-refractivity contribution in [2.45, 2.75) is 38.3 Å². The van der Waals surface area contributed by atoms with Crippen LogP contribution in [-0.2, 0) is 16.1 Å². The molecular weight excluding hydrogens is 529 g/mol. The van der Waals surface area contributed by atoms with Gasteiger partial charge in [-0.15, -0.1) is 0 Å². The number of nitrogens with one attached hydrogen (secondary N) is 1. The van der Waals surface area contributed by atoms with E-state index in [1.54, 1.807) is 18.2 Å². The van der Waals surface area contributed by atoms with Gasteiger partial charge >= 0.3 is 5.97 Å². The SMILES string of the molecule is O=C1CCC(N2Cc3cc(N4CCC(CN5CCN(c6ccc(C(=O)O)cc6)CC5)CC4)c(F)cc3C2=O)C(=O)N1. The number of halogens is 1. The van der Waals surface area contributed by atoms with E-state index in [4.69, 9.17) is 5.11 Å². The number of carbonyl (C=O) groups excluding carboxylic acids is 3. The van der Waals surface area contributed by atoms with Crippen LogP contribution in [0.25, 0.3) is 0 Å². The lowest BCUT2D eigenvalue weighted by molar-refractivity contribution is -0.136. The highest BCUT2D eigenvalue weighted by Crippen LogP contribution is 2.34. The number of hydrogen-bond acceptors (Lipinski definition) is 7. The van der Waals surface area contributed by atoms with Crippen molar-refractivity contribution in [2.24, 2.45) is 5.92 Å². The first-order valence-corrected chi connectivity index (χ1v) is 14.3. The number of amides is 3. The van der Waals surface area contributed by atoms with Gasteiger partial charge in [0.2, 0.25) is 11.8 Å². The maximum absolute atomic E-state index is 15.2. The van der Waals surface area contributed by atoms with Crippen LogP contribution < -0.4 is 15.1 Å². The lowest BCUT2D eigenvalue weighted by Crippen LogP contribution is -2.52. The molecule has 4 aliphatic heterocycles. The van der Waals surface area contributed by atoms with Crippen molar-refractivity contribution in [3.05, 3.63) is 58.9 Å². The Hall–Kier alpha value is -3.99. The summed E-state index contributed by atoms with van der Waals surface area (Å²) < 4.78 is 15.2. The molecule has 0 radical (unpaired) electrons. The molecule has 3 amide bonds. The van der Waals surface area contributed by atoms with E-state index in [2.05, 4.69) is 20.0 Å². The zero-order valence-corrected chi connectivity index (χ0v) is 22.9. The quantitative estimate of drug-likeness (QED) is 0.515. The molecule has 1 atom stereocenters. The lowest BCUT2D eigenvalue weighted by atomic mass is 9.95. The van der Waals surface area contributed by atoms with Crippen LogP contribution in [0.3, 0.4) is 0 Å². The van der Waals surface area contributed by atoms with Crippen LogP contribution in [0, 0.1) is 11.7 Å². The van der Waals surface area contributed by atoms with E-state index in [0.29, 0.717) is 28.3 Å². The molecule has 0 aliphatic carbocycles. The second kappa shape index (κ2) is 11.1. The molecule has 2 N–H and O–H groups in total. The lowest BCUT2D eigenvalue weighted by Gasteiger charge is -2.40. The van der Waals surface area contributed by atoms with E-state index in [-0.39, 0.29) is 31.2 Å². The van der Waals surface area contributed by atoms with Gasteiger partial charge in [0.05, 0.1) is 11.3 Å². The standard InChI is InChI=1S/C30H34FN5O5/c31-24-16-23-21(18-36(29(23)39)25-5-6-27(37)32-28(25)38)15-26(24)35-9-7-19(8-10-35)17-33-11-13-34(14-12-33)22-3-1-20(2-4-22)30(40)41/h1-4,15-16,19,25H,5-14,17-18H2,(H,40,41)(H,32,37,38). The van der Waals surface area contributed by atoms with Crippen LogP contribution in [0.2, 0.25) is 0 Å². The maximum Gasteiger partial charge on any atom is 0.335 e. The highest BCUT2D eigenvalue weighted by Gasteiger charge is 2.40. The van der Waals surface area contributed by atoms with Gasteiger partial charge in [0.15, 0.2) is 0 Å². The number of anilines is 2. The molecule has 0 bridgehead atoms. The third kappa shape index (κ3) is 5.50. The van der Waals surface area contributed by atoms with Gasteiger partial charge in [-0.2, -0.15) is 0 Å². The number of piperazine rings is 1. The molecule has 2 aromatic rings. The van der Waals surface area contributed by atoms with Crippen LogP contribution in [-0.4, -0.2) is 90.5 Å². The number of benzene rings is 2. The van der Waals surface area contributed by atoms with Gasteiger partial charge in [-0.05, 0) is 67.1 Å². The molecular formula is C30H34FN5O5. The Bertz CT molecular complexity index is 1370. The Morgan fingerprint density at radius 1 is 0.927 bits per heavy atom. The van der Waals surface area contributed by atoms with Crippen LogP contribution in [0.5, 0.6) is 0 Å². The Morgan fingerprint density at radius 3 is 2.29 bits per heavy atom. The Kier molecular flexibility index (Phi) is 7.37. The average Bonchev–Trinajstić information content (AvgIpc) is 3.28. The minimum atomic E-state index is -0.919. The van der Waals surface area contributed by atoms with Crippen molar-refractivity contribution in [1.29, 1.82) is 0 Å². The molecule has 6 rings (SSSR count). The molecule has 3 fully saturated rings. The minimum Gasteiger partial charge on any atom is -0.478 e. The average molecular weight is 564 g/mol. The van der Waals surface area contributed by atoms with Crippen molar-refractivity contribution in [3.8, 4) is 0 Å². The Balaban J connectivity index is 1.01. The topological polar surface area (TPSA) is 114 Å². The summed E-state index contributed by atoms with van der Waals surface area (Å²) in [6.07, 6.45) is 2.37. The fraction of sp³-hybridized carbons (Fsp3) is 0.467. The van der Waals surface area contributed by atoms with Gasteiger partial charge in [0.25, 0.3) is 5.91 Å². The first kappa shape index (κ1) is 27.2. The summed E-state index contributed by atoms with van der Waals surface area (Å²) in [5.74, 6) is -1.99. The van der Waals surface area contributed by atoms with Crippen LogP contribution in [0.4, 0.5) is 15.8 Å². The van der Waals surface area contributed by atoms with Gasteiger partial charge in [-0.3, -0.25) is 24.6 Å². The zero-order chi connectivity index (χ0) is 28.7. The van der Waals surface area contributed by atoms with Crippen molar-refractivity contribution >= 4 is 35.1 Å². The highest BCUT2D eigenvalue weighted by molar-refractivity contribution is 6.05. The van der Waals surface area contributed by atoms with E-state index in [1.807, 2.05) is 12.1 Å². The van der Waals surface area contributed by atoms with E-state index in [9.17, 15) is 19.2 Å². The molecule has 4 heterocycles. The molecule has 0 saturated carbocycles. The van der Waals surface area contributed by atoms with Crippen molar-refractivity contribution < 1.29 is 28.7 Å². The molecule has 216 valence electrons. The van der Waals surface area contributed by atoms with Crippen LogP contribution in [0.15, 0.2) is 36.4 Å². The first-order valence-electron chi connectivity index (χ1n) is 14.3.